The van der Waals surface area contributed by atoms with Crippen molar-refractivity contribution < 1.29 is 24.5 Å². The number of hydrogen-bond acceptors (Lipinski definition) is 7. The fourth-order valence-electron chi connectivity index (χ4n) is 2.04. The molecule has 0 aliphatic rings. The lowest BCUT2D eigenvalue weighted by atomic mass is 10.0. The number of phenols is 2. The molecule has 2 rings (SSSR count). The van der Waals surface area contributed by atoms with Gasteiger partial charge in [0.25, 0.3) is 0 Å². The SMILES string of the molecule is COC(=O)c1c(O)cc(O)c(Cl)c1CCC(=O)Nc1ncccn1. The number of rotatable bonds is 5. The molecule has 3 N–H and O–H groups in total. The molecular weight excluding hydrogens is 338 g/mol. The molecule has 1 amide bonds. The van der Waals surface area contributed by atoms with Crippen LogP contribution in [0.3, 0.4) is 0 Å². The largest absolute Gasteiger partial charge is 0.507 e. The second-order valence-corrected chi connectivity index (χ2v) is 5.07. The Balaban J connectivity index is 2.19. The van der Waals surface area contributed by atoms with Crippen LogP contribution in [0.4, 0.5) is 5.95 Å². The van der Waals surface area contributed by atoms with Crippen molar-refractivity contribution in [2.75, 3.05) is 12.4 Å². The quantitative estimate of drug-likeness (QED) is 0.703. The average Bonchev–Trinajstić information content (AvgIpc) is 2.57. The summed E-state index contributed by atoms with van der Waals surface area (Å²) >= 11 is 5.99. The molecule has 0 atom stereocenters. The van der Waals surface area contributed by atoms with Gasteiger partial charge in [0.1, 0.15) is 17.1 Å². The van der Waals surface area contributed by atoms with E-state index in [0.29, 0.717) is 0 Å². The number of esters is 1. The highest BCUT2D eigenvalue weighted by Crippen LogP contribution is 2.37. The predicted molar refractivity (Wildman–Crippen MR) is 85.1 cm³/mol. The van der Waals surface area contributed by atoms with Crippen LogP contribution < -0.4 is 5.32 Å². The number of benzene rings is 1. The molecule has 0 spiro atoms. The molecule has 24 heavy (non-hydrogen) atoms. The van der Waals surface area contributed by atoms with E-state index in [1.54, 1.807) is 6.07 Å². The fourth-order valence-corrected chi connectivity index (χ4v) is 2.28. The van der Waals surface area contributed by atoms with Crippen LogP contribution in [-0.4, -0.2) is 39.2 Å². The number of aromatic nitrogens is 2. The number of ether oxygens (including phenoxy) is 1. The highest BCUT2D eigenvalue weighted by atomic mass is 35.5. The van der Waals surface area contributed by atoms with E-state index in [-0.39, 0.29) is 34.9 Å². The van der Waals surface area contributed by atoms with Gasteiger partial charge in [-0.25, -0.2) is 14.8 Å². The number of phenolic OH excluding ortho intramolecular Hbond substituents is 2. The molecule has 1 heterocycles. The molecule has 0 saturated carbocycles. The van der Waals surface area contributed by atoms with Crippen molar-refractivity contribution in [1.29, 1.82) is 0 Å². The number of nitrogens with one attached hydrogen (secondary N) is 1. The predicted octanol–water partition coefficient (Wildman–Crippen LogP) is 1.90. The summed E-state index contributed by atoms with van der Waals surface area (Å²) in [5, 5.41) is 21.9. The van der Waals surface area contributed by atoms with Gasteiger partial charge in [-0.05, 0) is 18.1 Å². The van der Waals surface area contributed by atoms with Crippen molar-refractivity contribution in [3.8, 4) is 11.5 Å². The topological polar surface area (TPSA) is 122 Å². The van der Waals surface area contributed by atoms with Crippen molar-refractivity contribution in [1.82, 2.24) is 9.97 Å². The summed E-state index contributed by atoms with van der Waals surface area (Å²) in [4.78, 5) is 31.5. The molecule has 0 radical (unpaired) electrons. The Morgan fingerprint density at radius 3 is 2.54 bits per heavy atom. The summed E-state index contributed by atoms with van der Waals surface area (Å²) < 4.78 is 4.60. The molecule has 9 heteroatoms. The monoisotopic (exact) mass is 351 g/mol. The van der Waals surface area contributed by atoms with Crippen molar-refractivity contribution in [3.05, 3.63) is 40.7 Å². The zero-order valence-corrected chi connectivity index (χ0v) is 13.4. The van der Waals surface area contributed by atoms with Gasteiger partial charge < -0.3 is 14.9 Å². The zero-order chi connectivity index (χ0) is 17.7. The van der Waals surface area contributed by atoms with Crippen LogP contribution in [0, 0.1) is 0 Å². The van der Waals surface area contributed by atoms with Crippen LogP contribution in [0.5, 0.6) is 11.5 Å². The summed E-state index contributed by atoms with van der Waals surface area (Å²) in [5.41, 5.74) is -0.0748. The number of methoxy groups -OCH3 is 1. The number of carbonyl (C=O) groups excluding carboxylic acids is 2. The summed E-state index contributed by atoms with van der Waals surface area (Å²) in [6, 6.07) is 2.55. The molecule has 0 fully saturated rings. The third-order valence-electron chi connectivity index (χ3n) is 3.13. The summed E-state index contributed by atoms with van der Waals surface area (Å²) in [6.45, 7) is 0. The van der Waals surface area contributed by atoms with Crippen LogP contribution in [0.15, 0.2) is 24.5 Å². The fraction of sp³-hybridized carbons (Fsp3) is 0.200. The van der Waals surface area contributed by atoms with Crippen LogP contribution in [0.1, 0.15) is 22.3 Å². The van der Waals surface area contributed by atoms with Crippen LogP contribution in [-0.2, 0) is 16.0 Å². The Morgan fingerprint density at radius 2 is 1.92 bits per heavy atom. The number of anilines is 1. The van der Waals surface area contributed by atoms with Gasteiger partial charge in [-0.15, -0.1) is 0 Å². The van der Waals surface area contributed by atoms with Crippen LogP contribution >= 0.6 is 11.6 Å². The van der Waals surface area contributed by atoms with Gasteiger partial charge in [0.05, 0.1) is 12.1 Å². The molecule has 8 nitrogen and oxygen atoms in total. The molecule has 0 saturated heterocycles. The maximum absolute atomic E-state index is 11.9. The third-order valence-corrected chi connectivity index (χ3v) is 3.55. The minimum atomic E-state index is -0.823. The van der Waals surface area contributed by atoms with Crippen LogP contribution in [0.25, 0.3) is 0 Å². The Morgan fingerprint density at radius 1 is 1.25 bits per heavy atom. The van der Waals surface area contributed by atoms with E-state index in [9.17, 15) is 19.8 Å². The highest BCUT2D eigenvalue weighted by molar-refractivity contribution is 6.33. The number of amides is 1. The van der Waals surface area contributed by atoms with Crippen molar-refractivity contribution in [2.45, 2.75) is 12.8 Å². The van der Waals surface area contributed by atoms with Gasteiger partial charge in [0, 0.05) is 24.9 Å². The first-order valence-electron chi connectivity index (χ1n) is 6.82. The second kappa shape index (κ2) is 7.60. The zero-order valence-electron chi connectivity index (χ0n) is 12.6. The molecular formula is C15H14ClN3O5. The van der Waals surface area contributed by atoms with E-state index < -0.39 is 23.4 Å². The van der Waals surface area contributed by atoms with Crippen molar-refractivity contribution in [3.63, 3.8) is 0 Å². The van der Waals surface area contributed by atoms with Gasteiger partial charge in [0.15, 0.2) is 0 Å². The first-order chi connectivity index (χ1) is 11.4. The van der Waals surface area contributed by atoms with E-state index in [4.69, 9.17) is 11.6 Å². The van der Waals surface area contributed by atoms with Gasteiger partial charge in [-0.3, -0.25) is 10.1 Å². The molecule has 2 aromatic rings. The third kappa shape index (κ3) is 3.90. The van der Waals surface area contributed by atoms with Crippen LogP contribution in [0.2, 0.25) is 5.02 Å². The summed E-state index contributed by atoms with van der Waals surface area (Å²) in [7, 11) is 1.14. The number of hydrogen-bond donors (Lipinski definition) is 3. The second-order valence-electron chi connectivity index (χ2n) is 4.69. The van der Waals surface area contributed by atoms with Gasteiger partial charge in [0.2, 0.25) is 11.9 Å². The Bertz CT molecular complexity index is 767. The molecule has 0 bridgehead atoms. The van der Waals surface area contributed by atoms with E-state index in [1.807, 2.05) is 0 Å². The van der Waals surface area contributed by atoms with Gasteiger partial charge in [-0.2, -0.15) is 0 Å². The minimum absolute atomic E-state index is 0.0100. The minimum Gasteiger partial charge on any atom is -0.507 e. The van der Waals surface area contributed by atoms with Crippen molar-refractivity contribution in [2.24, 2.45) is 0 Å². The van der Waals surface area contributed by atoms with Crippen molar-refractivity contribution >= 4 is 29.4 Å². The number of nitrogens with zero attached hydrogens (tertiary/aromatic N) is 2. The standard InChI is InChI=1S/C15H14ClN3O5/c1-24-14(23)12-8(13(16)10(21)7-9(12)20)3-4-11(22)19-15-17-5-2-6-18-15/h2,5-7,20-21H,3-4H2,1H3,(H,17,18,19,22). The Kier molecular flexibility index (Phi) is 5.54. The first-order valence-corrected chi connectivity index (χ1v) is 7.20. The summed E-state index contributed by atoms with van der Waals surface area (Å²) in [5.74, 6) is -1.98. The number of carbonyl (C=O) groups is 2. The van der Waals surface area contributed by atoms with Gasteiger partial charge >= 0.3 is 5.97 Å². The Labute approximate surface area is 142 Å². The smallest absolute Gasteiger partial charge is 0.341 e. The maximum atomic E-state index is 11.9. The summed E-state index contributed by atoms with van der Waals surface area (Å²) in [6.07, 6.45) is 2.86. The van der Waals surface area contributed by atoms with E-state index in [1.165, 1.54) is 12.4 Å². The first kappa shape index (κ1) is 17.5. The molecule has 0 aliphatic carbocycles. The molecule has 1 aromatic carbocycles. The lowest BCUT2D eigenvalue weighted by molar-refractivity contribution is -0.116. The van der Waals surface area contributed by atoms with Gasteiger partial charge in [-0.1, -0.05) is 11.6 Å². The lowest BCUT2D eigenvalue weighted by Gasteiger charge is -2.13. The maximum Gasteiger partial charge on any atom is 0.341 e. The molecule has 0 aliphatic heterocycles. The van der Waals surface area contributed by atoms with E-state index in [0.717, 1.165) is 13.2 Å². The lowest BCUT2D eigenvalue weighted by Crippen LogP contribution is -2.15. The number of halogens is 1. The molecule has 0 unspecified atom stereocenters. The van der Waals surface area contributed by atoms with E-state index >= 15 is 0 Å². The Hall–Kier alpha value is -2.87. The average molecular weight is 352 g/mol. The molecule has 126 valence electrons. The highest BCUT2D eigenvalue weighted by Gasteiger charge is 2.23. The number of aromatic hydroxyl groups is 2. The normalized spacial score (nSPS) is 10.2. The molecule has 1 aromatic heterocycles. The van der Waals surface area contributed by atoms with E-state index in [2.05, 4.69) is 20.0 Å².